The van der Waals surface area contributed by atoms with E-state index in [0.717, 1.165) is 44.9 Å². The molecule has 1 saturated heterocycles. The summed E-state index contributed by atoms with van der Waals surface area (Å²) < 4.78 is 54.1. The molecule has 0 aromatic rings. The molecule has 58 heavy (non-hydrogen) atoms. The highest BCUT2D eigenvalue weighted by Crippen LogP contribution is 2.24. The van der Waals surface area contributed by atoms with Crippen molar-refractivity contribution in [3.63, 3.8) is 0 Å². The number of aliphatic hydroxyl groups excluding tert-OH is 3. The number of ether oxygens (including phenoxy) is 4. The Labute approximate surface area is 352 Å². The van der Waals surface area contributed by atoms with E-state index in [1.165, 1.54) is 122 Å². The standard InChI is InChI=1S/C45H84O12S/c1-3-5-7-9-11-13-15-17-19-21-23-25-27-29-31-33-40(46)54-35-38(36-55-45-44(50)43(49)42(48)39(57-45)37-58(51,52)53)56-41(47)34-32-30-28-26-24-22-20-18-16-14-12-10-8-6-4-2/h21,23,38-39,42-45,48-50H,3-20,22,24-37H2,1-2H3,(H,51,52,53)/b23-21+/t38-,39-,42-,43?,44?,45+/m1/s1. The molecule has 6 atom stereocenters. The predicted molar refractivity (Wildman–Crippen MR) is 229 cm³/mol. The molecule has 0 amide bonds. The summed E-state index contributed by atoms with van der Waals surface area (Å²) >= 11 is 0. The van der Waals surface area contributed by atoms with Crippen molar-refractivity contribution in [3.05, 3.63) is 12.2 Å². The third-order valence-corrected chi connectivity index (χ3v) is 11.6. The highest BCUT2D eigenvalue weighted by molar-refractivity contribution is 7.85. The van der Waals surface area contributed by atoms with Crippen LogP contribution < -0.4 is 0 Å². The van der Waals surface area contributed by atoms with Gasteiger partial charge in [0.15, 0.2) is 12.4 Å². The Bertz CT molecular complexity index is 1130. The number of esters is 2. The summed E-state index contributed by atoms with van der Waals surface area (Å²) in [5, 5.41) is 30.9. The molecule has 2 unspecified atom stereocenters. The van der Waals surface area contributed by atoms with E-state index in [1.807, 2.05) is 0 Å². The summed E-state index contributed by atoms with van der Waals surface area (Å²) in [7, 11) is -4.60. The molecule has 0 radical (unpaired) electrons. The molecule has 342 valence electrons. The maximum Gasteiger partial charge on any atom is 0.306 e. The molecular formula is C45H84O12S. The fraction of sp³-hybridized carbons (Fsp3) is 0.911. The average molecular weight is 849 g/mol. The Morgan fingerprint density at radius 2 is 0.983 bits per heavy atom. The minimum absolute atomic E-state index is 0.167. The smallest absolute Gasteiger partial charge is 0.306 e. The van der Waals surface area contributed by atoms with Gasteiger partial charge in [0.25, 0.3) is 10.1 Å². The van der Waals surface area contributed by atoms with Gasteiger partial charge >= 0.3 is 11.9 Å². The minimum Gasteiger partial charge on any atom is -0.462 e. The Kier molecular flexibility index (Phi) is 33.8. The van der Waals surface area contributed by atoms with Gasteiger partial charge in [-0.2, -0.15) is 8.42 Å². The molecule has 0 saturated carbocycles. The number of carbonyl (C=O) groups is 2. The second kappa shape index (κ2) is 36.1. The summed E-state index contributed by atoms with van der Waals surface area (Å²) in [6.07, 6.45) is 28.3. The third-order valence-electron chi connectivity index (χ3n) is 10.8. The summed E-state index contributed by atoms with van der Waals surface area (Å²) in [6.45, 7) is 3.76. The van der Waals surface area contributed by atoms with Crippen molar-refractivity contribution >= 4 is 22.1 Å². The molecule has 1 heterocycles. The summed E-state index contributed by atoms with van der Waals surface area (Å²) in [5.74, 6) is -1.99. The lowest BCUT2D eigenvalue weighted by atomic mass is 10.00. The van der Waals surface area contributed by atoms with Crippen LogP contribution in [-0.4, -0.2) is 96.0 Å². The first-order chi connectivity index (χ1) is 28.0. The van der Waals surface area contributed by atoms with Gasteiger partial charge in [0, 0.05) is 12.8 Å². The monoisotopic (exact) mass is 849 g/mol. The van der Waals surface area contributed by atoms with Gasteiger partial charge in [0.1, 0.15) is 36.8 Å². The van der Waals surface area contributed by atoms with E-state index in [9.17, 15) is 37.9 Å². The van der Waals surface area contributed by atoms with Crippen molar-refractivity contribution < 1.29 is 56.8 Å². The molecular weight excluding hydrogens is 765 g/mol. The normalized spacial score (nSPS) is 20.4. The van der Waals surface area contributed by atoms with Crippen molar-refractivity contribution in [2.24, 2.45) is 0 Å². The molecule has 0 aromatic heterocycles. The number of hydrogen-bond acceptors (Lipinski definition) is 11. The first-order valence-corrected chi connectivity index (χ1v) is 24.9. The van der Waals surface area contributed by atoms with Gasteiger partial charge < -0.3 is 34.3 Å². The zero-order chi connectivity index (χ0) is 42.7. The molecule has 4 N–H and O–H groups in total. The van der Waals surface area contributed by atoms with E-state index in [2.05, 4.69) is 26.0 Å². The van der Waals surface area contributed by atoms with Gasteiger partial charge in [-0.05, 0) is 38.5 Å². The first kappa shape index (κ1) is 54.4. The number of rotatable bonds is 39. The first-order valence-electron chi connectivity index (χ1n) is 23.2. The fourth-order valence-electron chi connectivity index (χ4n) is 7.20. The van der Waals surface area contributed by atoms with E-state index in [-0.39, 0.29) is 19.4 Å². The third kappa shape index (κ3) is 30.4. The molecule has 12 nitrogen and oxygen atoms in total. The van der Waals surface area contributed by atoms with Crippen molar-refractivity contribution in [3.8, 4) is 0 Å². The van der Waals surface area contributed by atoms with Crippen LogP contribution in [0.25, 0.3) is 0 Å². The Hall–Kier alpha value is -1.61. The van der Waals surface area contributed by atoms with E-state index >= 15 is 0 Å². The Morgan fingerprint density at radius 1 is 0.569 bits per heavy atom. The summed E-state index contributed by atoms with van der Waals surface area (Å²) in [4.78, 5) is 25.4. The van der Waals surface area contributed by atoms with Crippen molar-refractivity contribution in [2.45, 2.75) is 243 Å². The van der Waals surface area contributed by atoms with Crippen LogP contribution in [0.3, 0.4) is 0 Å². The van der Waals surface area contributed by atoms with Gasteiger partial charge in [0.05, 0.1) is 6.61 Å². The predicted octanol–water partition coefficient (Wildman–Crippen LogP) is 9.45. The van der Waals surface area contributed by atoms with Crippen LogP contribution in [-0.2, 0) is 38.7 Å². The Balaban J connectivity index is 2.44. The van der Waals surface area contributed by atoms with Crippen LogP contribution in [0.4, 0.5) is 0 Å². The van der Waals surface area contributed by atoms with Gasteiger partial charge in [-0.1, -0.05) is 167 Å². The Morgan fingerprint density at radius 3 is 1.45 bits per heavy atom. The van der Waals surface area contributed by atoms with Crippen LogP contribution >= 0.6 is 0 Å². The number of carbonyl (C=O) groups excluding carboxylic acids is 2. The number of aliphatic hydroxyl groups is 3. The molecule has 1 fully saturated rings. The van der Waals surface area contributed by atoms with Gasteiger partial charge in [-0.15, -0.1) is 0 Å². The molecule has 0 aromatic carbocycles. The highest BCUT2D eigenvalue weighted by Gasteiger charge is 2.46. The van der Waals surface area contributed by atoms with Crippen molar-refractivity contribution in [2.75, 3.05) is 19.0 Å². The zero-order valence-corrected chi connectivity index (χ0v) is 37.2. The largest absolute Gasteiger partial charge is 0.462 e. The van der Waals surface area contributed by atoms with Crippen LogP contribution in [0.2, 0.25) is 0 Å². The van der Waals surface area contributed by atoms with Crippen LogP contribution in [0.1, 0.15) is 206 Å². The molecule has 0 spiro atoms. The lowest BCUT2D eigenvalue weighted by Crippen LogP contribution is -2.60. The molecule has 1 aliphatic heterocycles. The molecule has 1 aliphatic rings. The van der Waals surface area contributed by atoms with Crippen LogP contribution in [0.5, 0.6) is 0 Å². The summed E-state index contributed by atoms with van der Waals surface area (Å²) in [5.41, 5.74) is 0. The average Bonchev–Trinajstić information content (AvgIpc) is 3.18. The van der Waals surface area contributed by atoms with Crippen molar-refractivity contribution in [1.82, 2.24) is 0 Å². The topological polar surface area (TPSA) is 186 Å². The van der Waals surface area contributed by atoms with Crippen LogP contribution in [0.15, 0.2) is 12.2 Å². The molecule has 13 heteroatoms. The fourth-order valence-corrected chi connectivity index (χ4v) is 7.89. The van der Waals surface area contributed by atoms with Gasteiger partial charge in [0.2, 0.25) is 0 Å². The van der Waals surface area contributed by atoms with E-state index in [4.69, 9.17) is 18.9 Å². The lowest BCUT2D eigenvalue weighted by Gasteiger charge is -2.40. The number of unbranched alkanes of at least 4 members (excludes halogenated alkanes) is 25. The SMILES string of the molecule is CCCCCCCCCC/C=C/CCCCCC(=O)OC[C@H](CO[C@H]1O[C@H](CS(=O)(=O)O)[C@@H](O)C(O)C1O)OC(=O)CCCCCCCCCCCCCCCCC. The number of hydrogen-bond donors (Lipinski definition) is 4. The highest BCUT2D eigenvalue weighted by atomic mass is 32.2. The lowest BCUT2D eigenvalue weighted by molar-refractivity contribution is -0.297. The maximum atomic E-state index is 12.8. The quantitative estimate of drug-likeness (QED) is 0.0199. The second-order valence-corrected chi connectivity index (χ2v) is 17.9. The van der Waals surface area contributed by atoms with E-state index in [1.54, 1.807) is 0 Å². The van der Waals surface area contributed by atoms with Crippen molar-refractivity contribution in [1.29, 1.82) is 0 Å². The maximum absolute atomic E-state index is 12.8. The van der Waals surface area contributed by atoms with Gasteiger partial charge in [-0.3, -0.25) is 14.1 Å². The minimum atomic E-state index is -4.60. The van der Waals surface area contributed by atoms with E-state index in [0.29, 0.717) is 12.8 Å². The molecule has 0 bridgehead atoms. The zero-order valence-electron chi connectivity index (χ0n) is 36.4. The number of allylic oxidation sites excluding steroid dienone is 2. The molecule has 1 rings (SSSR count). The van der Waals surface area contributed by atoms with E-state index < -0.39 is 71.2 Å². The second-order valence-electron chi connectivity index (χ2n) is 16.4. The summed E-state index contributed by atoms with van der Waals surface area (Å²) in [6, 6.07) is 0. The van der Waals surface area contributed by atoms with Crippen LogP contribution in [0, 0.1) is 0 Å². The molecule has 0 aliphatic carbocycles. The van der Waals surface area contributed by atoms with Gasteiger partial charge in [-0.25, -0.2) is 0 Å².